The molecular formula is C28H36F2O. The van der Waals surface area contributed by atoms with Gasteiger partial charge in [-0.25, -0.2) is 4.39 Å². The van der Waals surface area contributed by atoms with Gasteiger partial charge in [0.25, 0.3) is 0 Å². The molecule has 31 heavy (non-hydrogen) atoms. The SMILES string of the molecule is C=CCCC1CCC(c2ccc(-c3ccc(OCCCCCC)c(F)c3F)cc2)CC1. The molecule has 1 saturated carbocycles. The fourth-order valence-electron chi connectivity index (χ4n) is 4.65. The molecule has 1 aliphatic carbocycles. The lowest BCUT2D eigenvalue weighted by Gasteiger charge is -2.28. The summed E-state index contributed by atoms with van der Waals surface area (Å²) in [6.07, 6.45) is 13.5. The van der Waals surface area contributed by atoms with E-state index in [2.05, 4.69) is 25.6 Å². The molecule has 3 rings (SSSR count). The van der Waals surface area contributed by atoms with Gasteiger partial charge in [0.05, 0.1) is 6.61 Å². The molecular weight excluding hydrogens is 390 g/mol. The van der Waals surface area contributed by atoms with E-state index in [4.69, 9.17) is 4.74 Å². The number of rotatable bonds is 11. The first-order chi connectivity index (χ1) is 15.1. The molecule has 168 valence electrons. The summed E-state index contributed by atoms with van der Waals surface area (Å²) in [6, 6.07) is 11.2. The highest BCUT2D eigenvalue weighted by atomic mass is 19.2. The number of halogens is 2. The molecule has 0 atom stereocenters. The molecule has 0 amide bonds. The van der Waals surface area contributed by atoms with Crippen molar-refractivity contribution in [1.82, 2.24) is 0 Å². The van der Waals surface area contributed by atoms with Crippen molar-refractivity contribution in [2.24, 2.45) is 5.92 Å². The average Bonchev–Trinajstić information content (AvgIpc) is 2.81. The van der Waals surface area contributed by atoms with E-state index in [0.717, 1.165) is 38.0 Å². The highest BCUT2D eigenvalue weighted by molar-refractivity contribution is 5.65. The van der Waals surface area contributed by atoms with E-state index < -0.39 is 11.6 Å². The molecule has 0 aliphatic heterocycles. The van der Waals surface area contributed by atoms with Crippen LogP contribution in [-0.4, -0.2) is 6.61 Å². The highest BCUT2D eigenvalue weighted by Crippen LogP contribution is 2.38. The quantitative estimate of drug-likeness (QED) is 0.257. The van der Waals surface area contributed by atoms with Gasteiger partial charge in [-0.2, -0.15) is 4.39 Å². The Morgan fingerprint density at radius 3 is 2.35 bits per heavy atom. The van der Waals surface area contributed by atoms with Gasteiger partial charge in [-0.1, -0.05) is 56.5 Å². The van der Waals surface area contributed by atoms with E-state index >= 15 is 0 Å². The molecule has 0 heterocycles. The summed E-state index contributed by atoms with van der Waals surface area (Å²) >= 11 is 0. The molecule has 0 N–H and O–H groups in total. The summed E-state index contributed by atoms with van der Waals surface area (Å²) in [6.45, 7) is 6.38. The topological polar surface area (TPSA) is 9.23 Å². The fourth-order valence-corrected chi connectivity index (χ4v) is 4.65. The average molecular weight is 427 g/mol. The van der Waals surface area contributed by atoms with Crippen LogP contribution in [0, 0.1) is 17.6 Å². The smallest absolute Gasteiger partial charge is 0.201 e. The Morgan fingerprint density at radius 2 is 1.68 bits per heavy atom. The third-order valence-corrected chi connectivity index (χ3v) is 6.62. The van der Waals surface area contributed by atoms with Crippen LogP contribution in [-0.2, 0) is 0 Å². The number of benzene rings is 2. The first-order valence-corrected chi connectivity index (χ1v) is 12.0. The normalized spacial score (nSPS) is 18.7. The zero-order valence-electron chi connectivity index (χ0n) is 18.8. The summed E-state index contributed by atoms with van der Waals surface area (Å²) in [7, 11) is 0. The van der Waals surface area contributed by atoms with Crippen molar-refractivity contribution >= 4 is 0 Å². The van der Waals surface area contributed by atoms with Gasteiger partial charge in [-0.05, 0) is 80.0 Å². The van der Waals surface area contributed by atoms with E-state index in [9.17, 15) is 8.78 Å². The Bertz CT molecular complexity index is 820. The first-order valence-electron chi connectivity index (χ1n) is 12.0. The van der Waals surface area contributed by atoms with E-state index in [1.807, 2.05) is 18.2 Å². The lowest BCUT2D eigenvalue weighted by Crippen LogP contribution is -2.13. The minimum absolute atomic E-state index is 0.00239. The molecule has 0 bridgehead atoms. The molecule has 1 fully saturated rings. The summed E-state index contributed by atoms with van der Waals surface area (Å²) in [5.74, 6) is -0.337. The van der Waals surface area contributed by atoms with Crippen LogP contribution in [0.25, 0.3) is 11.1 Å². The van der Waals surface area contributed by atoms with Crippen LogP contribution in [0.1, 0.15) is 82.6 Å². The zero-order valence-corrected chi connectivity index (χ0v) is 18.8. The molecule has 2 aromatic carbocycles. The van der Waals surface area contributed by atoms with Crippen molar-refractivity contribution in [3.05, 3.63) is 66.3 Å². The Kier molecular flexibility index (Phi) is 9.12. The van der Waals surface area contributed by atoms with Crippen molar-refractivity contribution in [3.8, 4) is 16.9 Å². The number of ether oxygens (including phenoxy) is 1. The summed E-state index contributed by atoms with van der Waals surface area (Å²) in [5, 5.41) is 0. The number of hydrogen-bond donors (Lipinski definition) is 0. The molecule has 0 unspecified atom stereocenters. The van der Waals surface area contributed by atoms with Crippen LogP contribution < -0.4 is 4.74 Å². The summed E-state index contributed by atoms with van der Waals surface area (Å²) in [4.78, 5) is 0. The van der Waals surface area contributed by atoms with Gasteiger partial charge >= 0.3 is 0 Å². The van der Waals surface area contributed by atoms with Gasteiger partial charge in [0.1, 0.15) is 0 Å². The summed E-state index contributed by atoms with van der Waals surface area (Å²) in [5.41, 5.74) is 2.30. The van der Waals surface area contributed by atoms with Crippen molar-refractivity contribution in [3.63, 3.8) is 0 Å². The molecule has 1 aliphatic rings. The van der Waals surface area contributed by atoms with Gasteiger partial charge in [-0.3, -0.25) is 0 Å². The lowest BCUT2D eigenvalue weighted by molar-refractivity contribution is 0.285. The van der Waals surface area contributed by atoms with Crippen molar-refractivity contribution in [2.75, 3.05) is 6.61 Å². The van der Waals surface area contributed by atoms with Crippen LogP contribution in [0.5, 0.6) is 5.75 Å². The van der Waals surface area contributed by atoms with Crippen LogP contribution in [0.15, 0.2) is 49.1 Å². The predicted molar refractivity (Wildman–Crippen MR) is 126 cm³/mol. The van der Waals surface area contributed by atoms with Gasteiger partial charge in [0.15, 0.2) is 11.6 Å². The molecule has 1 nitrogen and oxygen atoms in total. The van der Waals surface area contributed by atoms with Crippen LogP contribution in [0.4, 0.5) is 8.78 Å². The highest BCUT2D eigenvalue weighted by Gasteiger charge is 2.22. The van der Waals surface area contributed by atoms with Gasteiger partial charge in [-0.15, -0.1) is 6.58 Å². The van der Waals surface area contributed by atoms with Gasteiger partial charge in [0, 0.05) is 5.56 Å². The Hall–Kier alpha value is -2.16. The molecule has 2 aromatic rings. The van der Waals surface area contributed by atoms with Crippen molar-refractivity contribution < 1.29 is 13.5 Å². The molecule has 3 heteroatoms. The monoisotopic (exact) mass is 426 g/mol. The maximum Gasteiger partial charge on any atom is 0.201 e. The fraction of sp³-hybridized carbons (Fsp3) is 0.500. The van der Waals surface area contributed by atoms with Crippen molar-refractivity contribution in [1.29, 1.82) is 0 Å². The summed E-state index contributed by atoms with van der Waals surface area (Å²) < 4.78 is 34.7. The van der Waals surface area contributed by atoms with E-state index in [-0.39, 0.29) is 11.3 Å². The van der Waals surface area contributed by atoms with Crippen LogP contribution >= 0.6 is 0 Å². The standard InChI is InChI=1S/C28H36F2O/c1-3-5-7-8-20-31-26-19-18-25(27(29)28(26)30)24-16-14-23(15-17-24)22-12-10-21(11-13-22)9-6-4-2/h4,14-19,21-22H,2-3,5-13,20H2,1H3. The number of unbranched alkanes of at least 4 members (excludes halogenated alkanes) is 3. The maximum absolute atomic E-state index is 14.7. The lowest BCUT2D eigenvalue weighted by atomic mass is 9.77. The Labute approximate surface area is 186 Å². The second-order valence-corrected chi connectivity index (χ2v) is 8.85. The van der Waals surface area contributed by atoms with Gasteiger partial charge in [0.2, 0.25) is 5.82 Å². The predicted octanol–water partition coefficient (Wildman–Crippen LogP) is 8.83. The Balaban J connectivity index is 1.60. The minimum atomic E-state index is -0.894. The molecule has 0 saturated heterocycles. The molecule has 0 aromatic heterocycles. The third-order valence-electron chi connectivity index (χ3n) is 6.62. The van der Waals surface area contributed by atoms with E-state index in [1.165, 1.54) is 37.7 Å². The number of allylic oxidation sites excluding steroid dienone is 1. The third kappa shape index (κ3) is 6.41. The second-order valence-electron chi connectivity index (χ2n) is 8.85. The number of hydrogen-bond acceptors (Lipinski definition) is 1. The van der Waals surface area contributed by atoms with E-state index in [1.54, 1.807) is 12.1 Å². The van der Waals surface area contributed by atoms with Crippen molar-refractivity contribution in [2.45, 2.75) is 77.0 Å². The van der Waals surface area contributed by atoms with Crippen LogP contribution in [0.2, 0.25) is 0 Å². The van der Waals surface area contributed by atoms with Gasteiger partial charge < -0.3 is 4.74 Å². The Morgan fingerprint density at radius 1 is 0.935 bits per heavy atom. The minimum Gasteiger partial charge on any atom is -0.490 e. The van der Waals surface area contributed by atoms with Crippen LogP contribution in [0.3, 0.4) is 0 Å². The molecule has 0 spiro atoms. The largest absolute Gasteiger partial charge is 0.490 e. The maximum atomic E-state index is 14.7. The first kappa shape index (κ1) is 23.5. The van der Waals surface area contributed by atoms with E-state index in [0.29, 0.717) is 18.1 Å². The zero-order chi connectivity index (χ0) is 22.1. The molecule has 0 radical (unpaired) electrons. The second kappa shape index (κ2) is 12.0.